The lowest BCUT2D eigenvalue weighted by atomic mass is 9.87. The zero-order chi connectivity index (χ0) is 20.9. The number of rotatable bonds is 6. The van der Waals surface area contributed by atoms with Gasteiger partial charge in [-0.15, -0.1) is 0 Å². The van der Waals surface area contributed by atoms with Crippen LogP contribution in [0.1, 0.15) is 38.3 Å². The minimum atomic E-state index is 0.127. The van der Waals surface area contributed by atoms with Crippen molar-refractivity contribution in [2.24, 2.45) is 18.0 Å². The van der Waals surface area contributed by atoms with E-state index in [0.717, 1.165) is 37.8 Å². The first kappa shape index (κ1) is 21.2. The Morgan fingerprint density at radius 2 is 2.17 bits per heavy atom. The maximum absolute atomic E-state index is 5.96. The van der Waals surface area contributed by atoms with Crippen molar-refractivity contribution in [1.29, 1.82) is 0 Å². The summed E-state index contributed by atoms with van der Waals surface area (Å²) in [7, 11) is 3.82. The van der Waals surface area contributed by atoms with E-state index in [0.29, 0.717) is 12.5 Å². The van der Waals surface area contributed by atoms with E-state index in [1.807, 2.05) is 31.0 Å². The van der Waals surface area contributed by atoms with Crippen LogP contribution in [0, 0.1) is 5.92 Å². The van der Waals surface area contributed by atoms with E-state index in [1.165, 1.54) is 17.5 Å². The van der Waals surface area contributed by atoms with Gasteiger partial charge in [0.05, 0.1) is 12.7 Å². The summed E-state index contributed by atoms with van der Waals surface area (Å²) in [5.74, 6) is 2.53. The summed E-state index contributed by atoms with van der Waals surface area (Å²) in [6, 6.07) is 8.38. The summed E-state index contributed by atoms with van der Waals surface area (Å²) in [4.78, 5) is 6.81. The van der Waals surface area contributed by atoms with Crippen LogP contribution in [0.3, 0.4) is 0 Å². The molecule has 1 N–H and O–H groups in total. The summed E-state index contributed by atoms with van der Waals surface area (Å²) < 4.78 is 7.83. The van der Waals surface area contributed by atoms with Gasteiger partial charge in [0.15, 0.2) is 5.96 Å². The Morgan fingerprint density at radius 1 is 1.34 bits per heavy atom. The standard InChI is InChI=1S/C23H35N5O/c1-23(2,3)20-7-6-8-21(14-20)29-12-10-25-22(24-4)28-11-9-18(17-28)13-19-15-26-27(5)16-19/h6-8,14-16,18H,9-13,17H2,1-5H3,(H,24,25). The first-order chi connectivity index (χ1) is 13.8. The van der Waals surface area contributed by atoms with E-state index in [1.54, 1.807) is 0 Å². The van der Waals surface area contributed by atoms with Crippen molar-refractivity contribution >= 4 is 5.96 Å². The molecule has 1 fully saturated rings. The van der Waals surface area contributed by atoms with Gasteiger partial charge >= 0.3 is 0 Å². The number of aromatic nitrogens is 2. The maximum Gasteiger partial charge on any atom is 0.193 e. The molecule has 158 valence electrons. The van der Waals surface area contributed by atoms with Crippen molar-refractivity contribution in [3.63, 3.8) is 0 Å². The highest BCUT2D eigenvalue weighted by Crippen LogP contribution is 2.25. The summed E-state index contributed by atoms with van der Waals surface area (Å²) in [6.07, 6.45) is 6.35. The van der Waals surface area contributed by atoms with E-state index in [2.05, 4.69) is 65.5 Å². The molecule has 3 rings (SSSR count). The molecule has 0 radical (unpaired) electrons. The highest BCUT2D eigenvalue weighted by Gasteiger charge is 2.25. The van der Waals surface area contributed by atoms with Gasteiger partial charge in [0.25, 0.3) is 0 Å². The molecule has 1 aromatic carbocycles. The van der Waals surface area contributed by atoms with Gasteiger partial charge in [0, 0.05) is 33.4 Å². The highest BCUT2D eigenvalue weighted by molar-refractivity contribution is 5.80. The third-order valence-corrected chi connectivity index (χ3v) is 5.43. The Bertz CT molecular complexity index is 821. The maximum atomic E-state index is 5.96. The number of ether oxygens (including phenoxy) is 1. The largest absolute Gasteiger partial charge is 0.492 e. The molecule has 0 amide bonds. The Balaban J connectivity index is 1.43. The van der Waals surface area contributed by atoms with Gasteiger partial charge in [-0.3, -0.25) is 9.67 Å². The molecule has 1 atom stereocenters. The van der Waals surface area contributed by atoms with Crippen LogP contribution in [0.15, 0.2) is 41.7 Å². The number of hydrogen-bond donors (Lipinski definition) is 1. The molecule has 0 bridgehead atoms. The molecule has 1 aromatic heterocycles. The minimum Gasteiger partial charge on any atom is -0.492 e. The Labute approximate surface area is 175 Å². The molecule has 6 nitrogen and oxygen atoms in total. The summed E-state index contributed by atoms with van der Waals surface area (Å²) in [5.41, 5.74) is 2.73. The van der Waals surface area contributed by atoms with Crippen LogP contribution in [-0.4, -0.2) is 53.9 Å². The van der Waals surface area contributed by atoms with Crippen LogP contribution in [0.5, 0.6) is 5.75 Å². The average Bonchev–Trinajstić information content (AvgIpc) is 3.31. The lowest BCUT2D eigenvalue weighted by molar-refractivity contribution is 0.318. The number of nitrogens with one attached hydrogen (secondary N) is 1. The summed E-state index contributed by atoms with van der Waals surface area (Å²) >= 11 is 0. The van der Waals surface area contributed by atoms with Crippen LogP contribution in [-0.2, 0) is 18.9 Å². The quantitative estimate of drug-likeness (QED) is 0.462. The molecule has 0 saturated carbocycles. The van der Waals surface area contributed by atoms with Gasteiger partial charge in [-0.25, -0.2) is 0 Å². The van der Waals surface area contributed by atoms with Crippen LogP contribution in [0.25, 0.3) is 0 Å². The van der Waals surface area contributed by atoms with E-state index in [4.69, 9.17) is 4.74 Å². The molecule has 1 aliphatic rings. The molecule has 1 unspecified atom stereocenters. The van der Waals surface area contributed by atoms with Crippen LogP contribution in [0.2, 0.25) is 0 Å². The van der Waals surface area contributed by atoms with Crippen molar-refractivity contribution in [2.75, 3.05) is 33.3 Å². The van der Waals surface area contributed by atoms with Crippen molar-refractivity contribution < 1.29 is 4.74 Å². The minimum absolute atomic E-state index is 0.127. The SMILES string of the molecule is CN=C(NCCOc1cccc(C(C)(C)C)c1)N1CCC(Cc2cnn(C)c2)C1. The van der Waals surface area contributed by atoms with Gasteiger partial charge in [0.1, 0.15) is 12.4 Å². The molecule has 2 heterocycles. The molecule has 2 aromatic rings. The van der Waals surface area contributed by atoms with Crippen molar-refractivity contribution in [3.8, 4) is 5.75 Å². The fourth-order valence-corrected chi connectivity index (χ4v) is 3.82. The number of guanidine groups is 1. The van der Waals surface area contributed by atoms with E-state index in [-0.39, 0.29) is 5.41 Å². The monoisotopic (exact) mass is 397 g/mol. The first-order valence-electron chi connectivity index (χ1n) is 10.5. The molecule has 1 aliphatic heterocycles. The van der Waals surface area contributed by atoms with Crippen molar-refractivity contribution in [1.82, 2.24) is 20.0 Å². The normalized spacial score (nSPS) is 17.6. The second-order valence-electron chi connectivity index (χ2n) is 8.93. The lowest BCUT2D eigenvalue weighted by Crippen LogP contribution is -2.41. The number of benzene rings is 1. The molecular formula is C23H35N5O. The summed E-state index contributed by atoms with van der Waals surface area (Å²) in [6.45, 7) is 10.1. The Morgan fingerprint density at radius 3 is 2.86 bits per heavy atom. The summed E-state index contributed by atoms with van der Waals surface area (Å²) in [5, 5.41) is 7.73. The molecule has 0 spiro atoms. The van der Waals surface area contributed by atoms with Crippen molar-refractivity contribution in [2.45, 2.75) is 39.0 Å². The fourth-order valence-electron chi connectivity index (χ4n) is 3.82. The third-order valence-electron chi connectivity index (χ3n) is 5.43. The fraction of sp³-hybridized carbons (Fsp3) is 0.565. The van der Waals surface area contributed by atoms with E-state index in [9.17, 15) is 0 Å². The second-order valence-corrected chi connectivity index (χ2v) is 8.93. The topological polar surface area (TPSA) is 54.7 Å². The number of aryl methyl sites for hydroxylation is 1. The number of nitrogens with zero attached hydrogens (tertiary/aromatic N) is 4. The highest BCUT2D eigenvalue weighted by atomic mass is 16.5. The van der Waals surface area contributed by atoms with Gasteiger partial charge in [-0.2, -0.15) is 5.10 Å². The predicted octanol–water partition coefficient (Wildman–Crippen LogP) is 3.24. The second kappa shape index (κ2) is 9.33. The van der Waals surface area contributed by atoms with Crippen LogP contribution >= 0.6 is 0 Å². The molecule has 6 heteroatoms. The van der Waals surface area contributed by atoms with Gasteiger partial charge < -0.3 is 15.0 Å². The average molecular weight is 398 g/mol. The molecular weight excluding hydrogens is 362 g/mol. The van der Waals surface area contributed by atoms with Crippen LogP contribution < -0.4 is 10.1 Å². The van der Waals surface area contributed by atoms with Gasteiger partial charge in [-0.1, -0.05) is 32.9 Å². The smallest absolute Gasteiger partial charge is 0.193 e. The number of likely N-dealkylation sites (tertiary alicyclic amines) is 1. The van der Waals surface area contributed by atoms with Gasteiger partial charge in [0.2, 0.25) is 0 Å². The van der Waals surface area contributed by atoms with Crippen LogP contribution in [0.4, 0.5) is 0 Å². The Hall–Kier alpha value is -2.50. The lowest BCUT2D eigenvalue weighted by Gasteiger charge is -2.22. The first-order valence-corrected chi connectivity index (χ1v) is 10.5. The Kier molecular flexibility index (Phi) is 6.83. The number of aliphatic imine (C=N–C) groups is 1. The predicted molar refractivity (Wildman–Crippen MR) is 119 cm³/mol. The molecule has 29 heavy (non-hydrogen) atoms. The third kappa shape index (κ3) is 5.99. The molecule has 1 saturated heterocycles. The zero-order valence-corrected chi connectivity index (χ0v) is 18.5. The molecule has 0 aliphatic carbocycles. The number of hydrogen-bond acceptors (Lipinski definition) is 3. The zero-order valence-electron chi connectivity index (χ0n) is 18.5. The van der Waals surface area contributed by atoms with Crippen molar-refractivity contribution in [3.05, 3.63) is 47.8 Å². The van der Waals surface area contributed by atoms with E-state index >= 15 is 0 Å². The van der Waals surface area contributed by atoms with E-state index < -0.39 is 0 Å². The van der Waals surface area contributed by atoms with Gasteiger partial charge in [-0.05, 0) is 47.4 Å².